The molecule has 2 rings (SSSR count). The van der Waals surface area contributed by atoms with Crippen molar-refractivity contribution in [1.82, 2.24) is 4.31 Å². The number of hydrogen-bond donors (Lipinski definition) is 1. The Morgan fingerprint density at radius 2 is 1.75 bits per heavy atom. The van der Waals surface area contributed by atoms with Crippen LogP contribution in [0.15, 0.2) is 47.4 Å². The van der Waals surface area contributed by atoms with E-state index in [0.717, 1.165) is 0 Å². The number of benzene rings is 2. The number of nitrogens with zero attached hydrogens (tertiary/aromatic N) is 2. The van der Waals surface area contributed by atoms with Crippen LogP contribution in [0.4, 0.5) is 11.4 Å². The number of hydrogen-bond acceptors (Lipinski definition) is 6. The zero-order chi connectivity index (χ0) is 20.9. The molecule has 1 amide bonds. The molecular formula is C18H21N3O6S. The van der Waals surface area contributed by atoms with Gasteiger partial charge in [-0.2, -0.15) is 4.31 Å². The fourth-order valence-corrected chi connectivity index (χ4v) is 4.05. The van der Waals surface area contributed by atoms with Gasteiger partial charge in [-0.05, 0) is 30.3 Å². The molecule has 0 aliphatic carbocycles. The van der Waals surface area contributed by atoms with Crippen molar-refractivity contribution < 1.29 is 22.9 Å². The van der Waals surface area contributed by atoms with Gasteiger partial charge in [-0.1, -0.05) is 13.8 Å². The highest BCUT2D eigenvalue weighted by atomic mass is 32.2. The Bertz CT molecular complexity index is 969. The van der Waals surface area contributed by atoms with Gasteiger partial charge in [0.05, 0.1) is 22.6 Å². The first-order valence-electron chi connectivity index (χ1n) is 8.48. The van der Waals surface area contributed by atoms with Crippen LogP contribution in [0.1, 0.15) is 24.2 Å². The lowest BCUT2D eigenvalue weighted by molar-refractivity contribution is -0.384. The van der Waals surface area contributed by atoms with Crippen molar-refractivity contribution in [1.29, 1.82) is 0 Å². The summed E-state index contributed by atoms with van der Waals surface area (Å²) >= 11 is 0. The lowest BCUT2D eigenvalue weighted by atomic mass is 10.2. The predicted octanol–water partition coefficient (Wildman–Crippen LogP) is 2.89. The number of sulfonamides is 1. The number of nitro benzene ring substituents is 1. The molecule has 150 valence electrons. The number of non-ortho nitro benzene ring substituents is 1. The van der Waals surface area contributed by atoms with Crippen molar-refractivity contribution in [2.24, 2.45) is 0 Å². The van der Waals surface area contributed by atoms with E-state index in [1.54, 1.807) is 13.8 Å². The summed E-state index contributed by atoms with van der Waals surface area (Å²) in [5, 5.41) is 13.5. The van der Waals surface area contributed by atoms with Gasteiger partial charge >= 0.3 is 0 Å². The molecule has 0 heterocycles. The molecule has 2 aromatic carbocycles. The molecule has 0 unspecified atom stereocenters. The van der Waals surface area contributed by atoms with Gasteiger partial charge in [0.1, 0.15) is 5.75 Å². The minimum atomic E-state index is -3.62. The number of carbonyl (C=O) groups excluding carboxylic acids is 1. The van der Waals surface area contributed by atoms with Crippen molar-refractivity contribution in [2.75, 3.05) is 25.5 Å². The maximum atomic E-state index is 12.5. The van der Waals surface area contributed by atoms with Gasteiger partial charge in [-0.25, -0.2) is 8.42 Å². The molecule has 0 radical (unpaired) electrons. The molecule has 10 heteroatoms. The van der Waals surface area contributed by atoms with Crippen molar-refractivity contribution in [3.05, 3.63) is 58.1 Å². The van der Waals surface area contributed by atoms with Crippen LogP contribution in [0, 0.1) is 10.1 Å². The smallest absolute Gasteiger partial charge is 0.271 e. The topological polar surface area (TPSA) is 119 Å². The van der Waals surface area contributed by atoms with Gasteiger partial charge in [0, 0.05) is 30.8 Å². The lowest BCUT2D eigenvalue weighted by Crippen LogP contribution is -2.30. The van der Waals surface area contributed by atoms with Crippen LogP contribution in [0.5, 0.6) is 5.75 Å². The SMILES string of the molecule is CCN(CC)S(=O)(=O)c1ccc(C(=O)Nc2cc([N+](=O)[O-])ccc2OC)cc1. The van der Waals surface area contributed by atoms with E-state index in [0.29, 0.717) is 13.1 Å². The molecule has 0 atom stereocenters. The van der Waals surface area contributed by atoms with Crippen molar-refractivity contribution in [2.45, 2.75) is 18.7 Å². The normalized spacial score (nSPS) is 11.3. The van der Waals surface area contributed by atoms with Crippen LogP contribution in [-0.2, 0) is 10.0 Å². The average Bonchev–Trinajstić information content (AvgIpc) is 2.68. The summed E-state index contributed by atoms with van der Waals surface area (Å²) in [5.41, 5.74) is 0.144. The highest BCUT2D eigenvalue weighted by Crippen LogP contribution is 2.29. The van der Waals surface area contributed by atoms with Gasteiger partial charge in [-0.15, -0.1) is 0 Å². The molecule has 0 saturated heterocycles. The van der Waals surface area contributed by atoms with Crippen LogP contribution in [0.25, 0.3) is 0 Å². The minimum absolute atomic E-state index is 0.0840. The van der Waals surface area contributed by atoms with E-state index in [4.69, 9.17) is 4.74 Å². The van der Waals surface area contributed by atoms with Crippen molar-refractivity contribution in [3.63, 3.8) is 0 Å². The molecule has 2 aromatic rings. The summed E-state index contributed by atoms with van der Waals surface area (Å²) < 4.78 is 31.4. The largest absolute Gasteiger partial charge is 0.495 e. The maximum Gasteiger partial charge on any atom is 0.271 e. The molecule has 0 saturated carbocycles. The highest BCUT2D eigenvalue weighted by Gasteiger charge is 2.22. The standard InChI is InChI=1S/C18H21N3O6S/c1-4-20(5-2)28(25,26)15-9-6-13(7-10-15)18(22)19-16-12-14(21(23)24)8-11-17(16)27-3/h6-12H,4-5H2,1-3H3,(H,19,22). The van der Waals surface area contributed by atoms with Gasteiger partial charge < -0.3 is 10.1 Å². The van der Waals surface area contributed by atoms with E-state index in [9.17, 15) is 23.3 Å². The van der Waals surface area contributed by atoms with Crippen LogP contribution in [0.2, 0.25) is 0 Å². The summed E-state index contributed by atoms with van der Waals surface area (Å²) in [6, 6.07) is 9.32. The van der Waals surface area contributed by atoms with E-state index in [1.165, 1.54) is 53.9 Å². The summed E-state index contributed by atoms with van der Waals surface area (Å²) in [7, 11) is -2.24. The van der Waals surface area contributed by atoms with Gasteiger partial charge in [0.25, 0.3) is 11.6 Å². The average molecular weight is 407 g/mol. The number of rotatable bonds is 8. The Hall–Kier alpha value is -2.98. The molecule has 0 bridgehead atoms. The summed E-state index contributed by atoms with van der Waals surface area (Å²) in [6.45, 7) is 4.17. The molecular weight excluding hydrogens is 386 g/mol. The van der Waals surface area contributed by atoms with Crippen LogP contribution in [0.3, 0.4) is 0 Å². The third-order valence-corrected chi connectivity index (χ3v) is 6.17. The third kappa shape index (κ3) is 4.46. The van der Waals surface area contributed by atoms with E-state index in [-0.39, 0.29) is 27.6 Å². The Labute approximate surface area is 163 Å². The molecule has 1 N–H and O–H groups in total. The van der Waals surface area contributed by atoms with Crippen molar-refractivity contribution >= 4 is 27.3 Å². The van der Waals surface area contributed by atoms with Crippen molar-refractivity contribution in [3.8, 4) is 5.75 Å². The molecule has 0 fully saturated rings. The first-order valence-corrected chi connectivity index (χ1v) is 9.92. The second-order valence-electron chi connectivity index (χ2n) is 5.71. The van der Waals surface area contributed by atoms with Gasteiger partial charge in [-0.3, -0.25) is 14.9 Å². The fraction of sp³-hybridized carbons (Fsp3) is 0.278. The van der Waals surface area contributed by atoms with Crippen LogP contribution >= 0.6 is 0 Å². The lowest BCUT2D eigenvalue weighted by Gasteiger charge is -2.18. The Balaban J connectivity index is 2.27. The zero-order valence-electron chi connectivity index (χ0n) is 15.7. The zero-order valence-corrected chi connectivity index (χ0v) is 16.5. The van der Waals surface area contributed by atoms with E-state index in [1.807, 2.05) is 0 Å². The van der Waals surface area contributed by atoms with Crippen LogP contribution < -0.4 is 10.1 Å². The number of amides is 1. The molecule has 9 nitrogen and oxygen atoms in total. The third-order valence-electron chi connectivity index (χ3n) is 4.10. The number of methoxy groups -OCH3 is 1. The molecule has 0 aromatic heterocycles. The number of carbonyl (C=O) groups is 1. The number of anilines is 1. The summed E-state index contributed by atoms with van der Waals surface area (Å²) in [5.74, 6) is -0.287. The van der Waals surface area contributed by atoms with E-state index >= 15 is 0 Å². The van der Waals surface area contributed by atoms with Crippen LogP contribution in [-0.4, -0.2) is 43.8 Å². The first kappa shape index (κ1) is 21.3. The second kappa shape index (κ2) is 8.81. The Morgan fingerprint density at radius 1 is 1.14 bits per heavy atom. The summed E-state index contributed by atoms with van der Waals surface area (Å²) in [4.78, 5) is 22.9. The van der Waals surface area contributed by atoms with Gasteiger partial charge in [0.15, 0.2) is 0 Å². The van der Waals surface area contributed by atoms with E-state index < -0.39 is 20.9 Å². The molecule has 28 heavy (non-hydrogen) atoms. The molecule has 0 aliphatic heterocycles. The number of nitro groups is 1. The highest BCUT2D eigenvalue weighted by molar-refractivity contribution is 7.89. The number of ether oxygens (including phenoxy) is 1. The monoisotopic (exact) mass is 407 g/mol. The molecule has 0 aliphatic rings. The Morgan fingerprint density at radius 3 is 2.25 bits per heavy atom. The van der Waals surface area contributed by atoms with Gasteiger partial charge in [0.2, 0.25) is 10.0 Å². The second-order valence-corrected chi connectivity index (χ2v) is 7.65. The first-order chi connectivity index (χ1) is 13.2. The minimum Gasteiger partial charge on any atom is -0.495 e. The quantitative estimate of drug-likeness (QED) is 0.531. The fourth-order valence-electron chi connectivity index (χ4n) is 2.59. The number of nitrogens with one attached hydrogen (secondary N) is 1. The molecule has 0 spiro atoms. The van der Waals surface area contributed by atoms with E-state index in [2.05, 4.69) is 5.32 Å². The maximum absolute atomic E-state index is 12.5. The predicted molar refractivity (Wildman–Crippen MR) is 104 cm³/mol. The Kier molecular flexibility index (Phi) is 6.71. The summed E-state index contributed by atoms with van der Waals surface area (Å²) in [6.07, 6.45) is 0.